The van der Waals surface area contributed by atoms with Crippen LogP contribution in [0.15, 0.2) is 127 Å². The average molecular weight is 598 g/mol. The van der Waals surface area contributed by atoms with E-state index in [4.69, 9.17) is 0 Å². The van der Waals surface area contributed by atoms with Crippen LogP contribution in [0.25, 0.3) is 38.4 Å². The number of nitriles is 2. The lowest BCUT2D eigenvalue weighted by Gasteiger charge is -2.32. The van der Waals surface area contributed by atoms with Crippen LogP contribution < -0.4 is 4.90 Å². The van der Waals surface area contributed by atoms with E-state index in [1.807, 2.05) is 18.2 Å². The molecule has 45 heavy (non-hydrogen) atoms. The van der Waals surface area contributed by atoms with Gasteiger partial charge < -0.3 is 4.90 Å². The van der Waals surface area contributed by atoms with Crippen molar-refractivity contribution < 1.29 is 0 Å². The number of rotatable bonds is 7. The summed E-state index contributed by atoms with van der Waals surface area (Å²) in [6.07, 6.45) is 3.64. The zero-order chi connectivity index (χ0) is 31.0. The molecular weight excluding hydrogens is 567 g/mol. The van der Waals surface area contributed by atoms with Crippen LogP contribution in [0, 0.1) is 22.7 Å². The van der Waals surface area contributed by atoms with E-state index in [2.05, 4.69) is 134 Å². The largest absolute Gasteiger partial charge is 0.310 e. The summed E-state index contributed by atoms with van der Waals surface area (Å²) in [4.78, 5) is 4.43. The van der Waals surface area contributed by atoms with Gasteiger partial charge in [0.1, 0.15) is 17.7 Å². The van der Waals surface area contributed by atoms with Gasteiger partial charge in [0.15, 0.2) is 0 Å². The molecule has 1 aromatic heterocycles. The van der Waals surface area contributed by atoms with Crippen LogP contribution in [0.4, 0.5) is 17.1 Å². The Kier molecular flexibility index (Phi) is 7.30. The zero-order valence-electron chi connectivity index (χ0n) is 25.3. The number of benzene rings is 5. The van der Waals surface area contributed by atoms with Crippen molar-refractivity contribution in [3.05, 3.63) is 143 Å². The lowest BCUT2D eigenvalue weighted by molar-refractivity contribution is 0.490. The minimum atomic E-state index is -0.118. The number of fused-ring (bicyclic) bond motifs is 4. The molecule has 216 valence electrons. The molecule has 0 atom stereocenters. The van der Waals surface area contributed by atoms with Gasteiger partial charge in [-0.25, -0.2) is 0 Å². The summed E-state index contributed by atoms with van der Waals surface area (Å²) in [5.74, 6) is 0. The van der Waals surface area contributed by atoms with Gasteiger partial charge in [-0.1, -0.05) is 86.6 Å². The molecule has 0 radical (unpaired) electrons. The molecule has 7 rings (SSSR count). The van der Waals surface area contributed by atoms with Gasteiger partial charge in [-0.2, -0.15) is 10.5 Å². The number of nitrogens with zero attached hydrogens (tertiary/aromatic N) is 3. The monoisotopic (exact) mass is 597 g/mol. The van der Waals surface area contributed by atoms with Gasteiger partial charge in [0.05, 0.1) is 5.69 Å². The Morgan fingerprint density at radius 2 is 1.40 bits per heavy atom. The molecule has 0 saturated heterocycles. The van der Waals surface area contributed by atoms with E-state index in [9.17, 15) is 10.5 Å². The highest BCUT2D eigenvalue weighted by molar-refractivity contribution is 7.16. The molecule has 6 aromatic rings. The molecule has 0 fully saturated rings. The zero-order valence-corrected chi connectivity index (χ0v) is 26.1. The van der Waals surface area contributed by atoms with Gasteiger partial charge in [-0.15, -0.1) is 11.3 Å². The van der Waals surface area contributed by atoms with E-state index in [1.165, 1.54) is 33.0 Å². The van der Waals surface area contributed by atoms with Crippen molar-refractivity contribution in [2.24, 2.45) is 0 Å². The smallest absolute Gasteiger partial charge is 0.131 e. The summed E-state index contributed by atoms with van der Waals surface area (Å²) in [6, 6.07) is 47.7. The van der Waals surface area contributed by atoms with Crippen LogP contribution in [0.5, 0.6) is 0 Å². The van der Waals surface area contributed by atoms with E-state index < -0.39 is 0 Å². The first-order valence-electron chi connectivity index (χ1n) is 15.3. The second-order valence-corrected chi connectivity index (χ2v) is 12.5. The fourth-order valence-electron chi connectivity index (χ4n) is 7.01. The van der Waals surface area contributed by atoms with Crippen molar-refractivity contribution in [1.82, 2.24) is 0 Å². The molecule has 1 aliphatic rings. The first kappa shape index (κ1) is 28.4. The third kappa shape index (κ3) is 4.72. The molecule has 1 aliphatic carbocycles. The number of allylic oxidation sites excluding steroid dienone is 1. The van der Waals surface area contributed by atoms with Crippen molar-refractivity contribution in [2.75, 3.05) is 4.90 Å². The average Bonchev–Trinajstić information content (AvgIpc) is 3.68. The number of anilines is 3. The lowest BCUT2D eigenvalue weighted by atomic mass is 9.73. The van der Waals surface area contributed by atoms with E-state index in [-0.39, 0.29) is 11.0 Å². The first-order valence-corrected chi connectivity index (χ1v) is 16.2. The normalized spacial score (nSPS) is 12.5. The van der Waals surface area contributed by atoms with Crippen LogP contribution >= 0.6 is 11.3 Å². The van der Waals surface area contributed by atoms with Gasteiger partial charge in [0.2, 0.25) is 0 Å². The molecule has 0 spiro atoms. The molecule has 4 heteroatoms. The maximum Gasteiger partial charge on any atom is 0.131 e. The SMILES string of the molecule is CCC1(CC)c2cc(-c3ccc(C=C(C#N)C#N)s3)ccc2-c2ccc(N(c3ccccc3)c3cccc4ccccc34)cc21. The molecule has 0 unspecified atom stereocenters. The van der Waals surface area contributed by atoms with Gasteiger partial charge in [0.25, 0.3) is 0 Å². The van der Waals surface area contributed by atoms with E-state index in [0.29, 0.717) is 0 Å². The van der Waals surface area contributed by atoms with E-state index >= 15 is 0 Å². The molecular formula is C41H31N3S. The van der Waals surface area contributed by atoms with Crippen LogP contribution in [0.2, 0.25) is 0 Å². The molecule has 3 nitrogen and oxygen atoms in total. The fourth-order valence-corrected chi connectivity index (χ4v) is 7.96. The Morgan fingerprint density at radius 1 is 0.711 bits per heavy atom. The summed E-state index contributed by atoms with van der Waals surface area (Å²) >= 11 is 1.61. The molecule has 0 saturated carbocycles. The summed E-state index contributed by atoms with van der Waals surface area (Å²) in [7, 11) is 0. The quantitative estimate of drug-likeness (QED) is 0.172. The number of hydrogen-bond donors (Lipinski definition) is 0. The van der Waals surface area contributed by atoms with Gasteiger partial charge >= 0.3 is 0 Å². The van der Waals surface area contributed by atoms with Crippen LogP contribution in [-0.2, 0) is 5.41 Å². The van der Waals surface area contributed by atoms with E-state index in [1.54, 1.807) is 17.4 Å². The maximum atomic E-state index is 9.21. The third-order valence-electron chi connectivity index (χ3n) is 9.27. The topological polar surface area (TPSA) is 50.8 Å². The highest BCUT2D eigenvalue weighted by Gasteiger charge is 2.41. The predicted octanol–water partition coefficient (Wildman–Crippen LogP) is 11.6. The van der Waals surface area contributed by atoms with Crippen molar-refractivity contribution in [3.8, 4) is 33.7 Å². The van der Waals surface area contributed by atoms with Crippen molar-refractivity contribution in [1.29, 1.82) is 10.5 Å². The fraction of sp³-hybridized carbons (Fsp3) is 0.122. The Balaban J connectivity index is 1.37. The Morgan fingerprint density at radius 3 is 2.16 bits per heavy atom. The number of para-hydroxylation sites is 1. The van der Waals surface area contributed by atoms with Crippen molar-refractivity contribution in [3.63, 3.8) is 0 Å². The Labute approximate surface area is 268 Å². The number of thiophene rings is 1. The molecule has 0 aliphatic heterocycles. The van der Waals surface area contributed by atoms with Crippen LogP contribution in [0.1, 0.15) is 42.7 Å². The highest BCUT2D eigenvalue weighted by atomic mass is 32.1. The maximum absolute atomic E-state index is 9.21. The molecule has 0 bridgehead atoms. The Bertz CT molecular complexity index is 2150. The molecule has 5 aromatic carbocycles. The van der Waals surface area contributed by atoms with Crippen molar-refractivity contribution >= 4 is 45.2 Å². The highest BCUT2D eigenvalue weighted by Crippen LogP contribution is 2.55. The Hall–Kier alpha value is -5.42. The minimum Gasteiger partial charge on any atom is -0.310 e. The lowest BCUT2D eigenvalue weighted by Crippen LogP contribution is -2.23. The second-order valence-electron chi connectivity index (χ2n) is 11.4. The minimum absolute atomic E-state index is 0.118. The summed E-state index contributed by atoms with van der Waals surface area (Å²) in [5.41, 5.74) is 9.95. The summed E-state index contributed by atoms with van der Waals surface area (Å²) in [5, 5.41) is 20.8. The second kappa shape index (κ2) is 11.6. The number of hydrogen-bond acceptors (Lipinski definition) is 4. The summed E-state index contributed by atoms with van der Waals surface area (Å²) < 4.78 is 0. The third-order valence-corrected chi connectivity index (χ3v) is 10.4. The standard InChI is InChI=1S/C41H31N3S/c1-3-41(4-2)37-24-30(40-22-19-33(45-40)23-28(26-42)27-43)17-20-35(37)36-21-18-32(25-38(36)41)44(31-13-6-5-7-14-31)39-16-10-12-29-11-8-9-15-34(29)39/h5-25H,3-4H2,1-2H3. The van der Waals surface area contributed by atoms with Crippen LogP contribution in [-0.4, -0.2) is 0 Å². The molecule has 0 amide bonds. The predicted molar refractivity (Wildman–Crippen MR) is 188 cm³/mol. The molecule has 0 N–H and O–H groups in total. The van der Waals surface area contributed by atoms with Crippen LogP contribution in [0.3, 0.4) is 0 Å². The first-order chi connectivity index (χ1) is 22.1. The van der Waals surface area contributed by atoms with Crippen molar-refractivity contribution in [2.45, 2.75) is 32.1 Å². The molecule has 1 heterocycles. The summed E-state index contributed by atoms with van der Waals surface area (Å²) in [6.45, 7) is 4.61. The van der Waals surface area contributed by atoms with Gasteiger partial charge in [-0.3, -0.25) is 0 Å². The van der Waals surface area contributed by atoms with E-state index in [0.717, 1.165) is 45.2 Å². The van der Waals surface area contributed by atoms with Gasteiger partial charge in [-0.05, 0) is 101 Å². The van der Waals surface area contributed by atoms with Gasteiger partial charge in [0, 0.05) is 31.9 Å².